The van der Waals surface area contributed by atoms with Crippen molar-refractivity contribution in [3.63, 3.8) is 0 Å². The van der Waals surface area contributed by atoms with Crippen molar-refractivity contribution < 1.29 is 17.7 Å². The van der Waals surface area contributed by atoms with E-state index in [4.69, 9.17) is 0 Å². The summed E-state index contributed by atoms with van der Waals surface area (Å²) in [6, 6.07) is 12.7. The smallest absolute Gasteiger partial charge is 0.299 e. The number of hydrogen-bond donors (Lipinski definition) is 2. The largest absolute Gasteiger partial charge is 1.00 e. The first-order chi connectivity index (χ1) is 8.34. The Balaban J connectivity index is 0.00000120. The van der Waals surface area contributed by atoms with Gasteiger partial charge in [0.1, 0.15) is 6.54 Å². The molecule has 0 unspecified atom stereocenters. The van der Waals surface area contributed by atoms with E-state index in [-0.39, 0.29) is 12.4 Å². The van der Waals surface area contributed by atoms with E-state index in [1.54, 1.807) is 0 Å². The Kier molecular flexibility index (Phi) is 4.42. The van der Waals surface area contributed by atoms with Gasteiger partial charge in [-0.25, -0.2) is 4.99 Å². The molecule has 0 fully saturated rings. The molecule has 1 heterocycles. The maximum absolute atomic E-state index is 4.41. The van der Waals surface area contributed by atoms with Crippen molar-refractivity contribution in [2.45, 2.75) is 0 Å². The second-order valence-electron chi connectivity index (χ2n) is 4.03. The average molecular weight is 374 g/mol. The zero-order valence-corrected chi connectivity index (χ0v) is 12.6. The summed E-state index contributed by atoms with van der Waals surface area (Å²) in [4.78, 5) is 4.41. The summed E-state index contributed by atoms with van der Waals surface area (Å²) < 4.78 is 1.28. The number of benzene rings is 2. The van der Waals surface area contributed by atoms with Crippen molar-refractivity contribution in [1.29, 1.82) is 0 Å². The lowest BCUT2D eigenvalue weighted by atomic mass is 10.1. The van der Waals surface area contributed by atoms with Crippen molar-refractivity contribution >= 4 is 45.0 Å². The van der Waals surface area contributed by atoms with E-state index in [0.717, 1.165) is 24.7 Å². The Hall–Kier alpha value is -0.850. The molecule has 1 aliphatic heterocycles. The monoisotopic (exact) mass is 373 g/mol. The van der Waals surface area contributed by atoms with Gasteiger partial charge in [0, 0.05) is 8.96 Å². The molecule has 2 aromatic carbocycles. The first-order valence-electron chi connectivity index (χ1n) is 5.66. The number of nitrogens with one attached hydrogen (secondary N) is 1. The summed E-state index contributed by atoms with van der Waals surface area (Å²) in [7, 11) is 0. The molecule has 3 nitrogen and oxygen atoms in total. The Morgan fingerprint density at radius 3 is 2.61 bits per heavy atom. The minimum Gasteiger partial charge on any atom is -1.00 e. The van der Waals surface area contributed by atoms with Gasteiger partial charge in [0.15, 0.2) is 0 Å². The number of rotatable bonds is 1. The summed E-state index contributed by atoms with van der Waals surface area (Å²) in [5.41, 5.74) is 1.14. The molecule has 94 valence electrons. The van der Waals surface area contributed by atoms with E-state index in [9.17, 15) is 0 Å². The van der Waals surface area contributed by atoms with Gasteiger partial charge < -0.3 is 12.4 Å². The highest BCUT2D eigenvalue weighted by atomic mass is 127. The van der Waals surface area contributed by atoms with Crippen molar-refractivity contribution in [3.05, 3.63) is 40.0 Å². The van der Waals surface area contributed by atoms with E-state index in [1.807, 2.05) is 0 Å². The number of fused-ring (bicyclic) bond motifs is 1. The van der Waals surface area contributed by atoms with E-state index >= 15 is 0 Å². The molecule has 3 rings (SSSR count). The van der Waals surface area contributed by atoms with Gasteiger partial charge in [-0.05, 0) is 40.1 Å². The van der Waals surface area contributed by atoms with E-state index in [1.165, 1.54) is 14.3 Å². The summed E-state index contributed by atoms with van der Waals surface area (Å²) in [6.07, 6.45) is 0. The van der Waals surface area contributed by atoms with Gasteiger partial charge >= 0.3 is 0 Å². The molecule has 0 spiro atoms. The van der Waals surface area contributed by atoms with E-state index < -0.39 is 0 Å². The van der Waals surface area contributed by atoms with Crippen LogP contribution in [0.2, 0.25) is 0 Å². The second-order valence-corrected chi connectivity index (χ2v) is 5.19. The standard InChI is InChI=1S/C13H12IN3.ClH/c14-11-5-6-12(17-13-15-7-8-16-13)10-4-2-1-3-9(10)11;/h1-6H,7-8H2,(H2,15,16,17);1H. The van der Waals surface area contributed by atoms with Crippen LogP contribution in [0.25, 0.3) is 10.8 Å². The van der Waals surface area contributed by atoms with Gasteiger partial charge in [-0.2, -0.15) is 0 Å². The highest BCUT2D eigenvalue weighted by Gasteiger charge is 2.12. The van der Waals surface area contributed by atoms with Crippen LogP contribution in [0.5, 0.6) is 0 Å². The van der Waals surface area contributed by atoms with Gasteiger partial charge in [0.2, 0.25) is 0 Å². The van der Waals surface area contributed by atoms with Crippen LogP contribution in [0.15, 0.2) is 41.4 Å². The lowest BCUT2D eigenvalue weighted by Crippen LogP contribution is -3.00. The molecule has 0 aromatic heterocycles. The maximum Gasteiger partial charge on any atom is 0.299 e. The second kappa shape index (κ2) is 5.86. The number of nitrogens with zero attached hydrogens (tertiary/aromatic N) is 1. The molecule has 0 saturated heterocycles. The zero-order valence-electron chi connectivity index (χ0n) is 9.66. The lowest BCUT2D eigenvalue weighted by molar-refractivity contribution is -0.527. The van der Waals surface area contributed by atoms with Crippen LogP contribution < -0.4 is 23.0 Å². The molecule has 1 aliphatic rings. The van der Waals surface area contributed by atoms with Gasteiger partial charge in [-0.15, -0.1) is 0 Å². The van der Waals surface area contributed by atoms with Crippen LogP contribution >= 0.6 is 22.6 Å². The molecule has 0 amide bonds. The van der Waals surface area contributed by atoms with Crippen LogP contribution in [0.4, 0.5) is 5.69 Å². The zero-order chi connectivity index (χ0) is 11.7. The van der Waals surface area contributed by atoms with E-state index in [2.05, 4.69) is 74.6 Å². The molecular formula is C13H13ClIN3. The van der Waals surface area contributed by atoms with Crippen LogP contribution in [-0.4, -0.2) is 19.0 Å². The fraction of sp³-hybridized carbons (Fsp3) is 0.154. The Morgan fingerprint density at radius 1 is 1.11 bits per heavy atom. The van der Waals surface area contributed by atoms with Crippen LogP contribution in [0.3, 0.4) is 0 Å². The third-order valence-electron chi connectivity index (χ3n) is 2.88. The van der Waals surface area contributed by atoms with Crippen molar-refractivity contribution in [3.8, 4) is 0 Å². The highest BCUT2D eigenvalue weighted by Crippen LogP contribution is 2.27. The molecule has 0 atom stereocenters. The molecule has 0 bridgehead atoms. The molecule has 0 radical (unpaired) electrons. The third kappa shape index (κ3) is 2.60. The fourth-order valence-corrected chi connectivity index (χ4v) is 2.70. The number of guanidine groups is 1. The van der Waals surface area contributed by atoms with Gasteiger partial charge in [0.05, 0.1) is 12.2 Å². The van der Waals surface area contributed by atoms with E-state index in [0.29, 0.717) is 0 Å². The van der Waals surface area contributed by atoms with Crippen molar-refractivity contribution in [2.24, 2.45) is 4.99 Å². The normalized spacial score (nSPS) is 14.2. The number of quaternary nitrogens is 1. The molecule has 18 heavy (non-hydrogen) atoms. The van der Waals surface area contributed by atoms with Gasteiger partial charge in [-0.3, -0.25) is 10.6 Å². The Bertz CT molecular complexity index is 598. The lowest BCUT2D eigenvalue weighted by Gasteiger charge is -2.08. The van der Waals surface area contributed by atoms with Crippen LogP contribution in [-0.2, 0) is 0 Å². The number of hydrogen-bond acceptors (Lipinski definition) is 2. The number of anilines is 1. The summed E-state index contributed by atoms with van der Waals surface area (Å²) in [6.45, 7) is 1.95. The third-order valence-corrected chi connectivity index (χ3v) is 3.82. The van der Waals surface area contributed by atoms with Crippen LogP contribution in [0, 0.1) is 3.57 Å². The predicted octanol–water partition coefficient (Wildman–Crippen LogP) is -1.21. The summed E-state index contributed by atoms with van der Waals surface area (Å²) in [5, 5.41) is 8.09. The molecule has 0 aliphatic carbocycles. The van der Waals surface area contributed by atoms with Gasteiger partial charge in [0.25, 0.3) is 5.96 Å². The van der Waals surface area contributed by atoms with Gasteiger partial charge in [-0.1, -0.05) is 24.3 Å². The molecule has 3 N–H and O–H groups in total. The SMILES string of the molecule is Ic1ccc(NC2=NCC[NH2+]2)c2ccccc12.[Cl-]. The van der Waals surface area contributed by atoms with Crippen LogP contribution in [0.1, 0.15) is 0 Å². The quantitative estimate of drug-likeness (QED) is 0.606. The number of nitrogens with two attached hydrogens (primary N) is 1. The fourth-order valence-electron chi connectivity index (χ4n) is 2.05. The van der Waals surface area contributed by atoms with Crippen molar-refractivity contribution in [1.82, 2.24) is 0 Å². The minimum absolute atomic E-state index is 0. The van der Waals surface area contributed by atoms with Crippen molar-refractivity contribution in [2.75, 3.05) is 18.4 Å². The first kappa shape index (κ1) is 13.6. The Morgan fingerprint density at radius 2 is 1.89 bits per heavy atom. The summed E-state index contributed by atoms with van der Waals surface area (Å²) >= 11 is 2.37. The Labute approximate surface area is 126 Å². The number of aliphatic imine (C=N–C) groups is 1. The molecular weight excluding hydrogens is 361 g/mol. The first-order valence-corrected chi connectivity index (χ1v) is 6.74. The average Bonchev–Trinajstić information content (AvgIpc) is 2.86. The number of halogens is 2. The molecule has 2 aromatic rings. The topological polar surface area (TPSA) is 41.0 Å². The summed E-state index contributed by atoms with van der Waals surface area (Å²) in [5.74, 6) is 0.997. The highest BCUT2D eigenvalue weighted by molar-refractivity contribution is 14.1. The molecule has 0 saturated carbocycles. The molecule has 5 heteroatoms. The predicted molar refractivity (Wildman–Crippen MR) is 79.4 cm³/mol. The maximum atomic E-state index is 4.41. The minimum atomic E-state index is 0.